The number of hydrogen-bond donors (Lipinski definition) is 0. The molecule has 0 fully saturated rings. The monoisotopic (exact) mass is 402 g/mol. The standard InChI is InChI=1S/C21H26O4SSi/c1-21(2,3)27(19-13-7-5-8-14-19,20-15-9-6-10-16-20)25-18-12-11-17-24-26(4,22)23/h5-10,13-16H,17-18H2,1-4H3. The van der Waals surface area contributed by atoms with Gasteiger partial charge in [0.15, 0.2) is 0 Å². The van der Waals surface area contributed by atoms with E-state index in [1.165, 1.54) is 10.4 Å². The second-order valence-corrected chi connectivity index (χ2v) is 13.2. The van der Waals surface area contributed by atoms with Crippen molar-refractivity contribution in [2.75, 3.05) is 19.5 Å². The van der Waals surface area contributed by atoms with Crippen LogP contribution in [0, 0.1) is 11.8 Å². The van der Waals surface area contributed by atoms with E-state index < -0.39 is 18.4 Å². The third-order valence-electron chi connectivity index (χ3n) is 4.25. The molecule has 2 rings (SSSR count). The van der Waals surface area contributed by atoms with Crippen molar-refractivity contribution in [2.45, 2.75) is 25.8 Å². The fourth-order valence-corrected chi connectivity index (χ4v) is 7.86. The van der Waals surface area contributed by atoms with Crippen LogP contribution in [0.3, 0.4) is 0 Å². The van der Waals surface area contributed by atoms with E-state index in [1.807, 2.05) is 36.4 Å². The van der Waals surface area contributed by atoms with E-state index in [-0.39, 0.29) is 18.3 Å². The Labute approximate surface area is 163 Å². The normalized spacial score (nSPS) is 12.3. The minimum Gasteiger partial charge on any atom is -0.396 e. The summed E-state index contributed by atoms with van der Waals surface area (Å²) in [5.41, 5.74) is 0. The molecule has 0 aliphatic heterocycles. The first-order valence-corrected chi connectivity index (χ1v) is 12.4. The molecule has 0 atom stereocenters. The minimum absolute atomic E-state index is 0.124. The molecule has 2 aromatic carbocycles. The second kappa shape index (κ2) is 8.85. The van der Waals surface area contributed by atoms with Gasteiger partial charge in [0.25, 0.3) is 18.4 Å². The maximum absolute atomic E-state index is 11.0. The van der Waals surface area contributed by atoms with Crippen molar-refractivity contribution in [3.63, 3.8) is 0 Å². The van der Waals surface area contributed by atoms with Gasteiger partial charge in [0, 0.05) is 0 Å². The summed E-state index contributed by atoms with van der Waals surface area (Å²) in [6.07, 6.45) is 1.01. The highest BCUT2D eigenvalue weighted by molar-refractivity contribution is 7.86. The third kappa shape index (κ3) is 5.53. The SMILES string of the molecule is CC(C)(C)[Si](OCC#CCOS(C)(=O)=O)(c1ccccc1)c1ccccc1. The molecular formula is C21H26O4SSi. The molecule has 0 aliphatic carbocycles. The van der Waals surface area contributed by atoms with Crippen molar-refractivity contribution in [3.8, 4) is 11.8 Å². The molecule has 0 aromatic heterocycles. The summed E-state index contributed by atoms with van der Waals surface area (Å²) < 4.78 is 33.2. The maximum atomic E-state index is 11.0. The van der Waals surface area contributed by atoms with Gasteiger partial charge in [-0.25, -0.2) is 0 Å². The van der Waals surface area contributed by atoms with Crippen LogP contribution < -0.4 is 10.4 Å². The Hall–Kier alpha value is -1.91. The van der Waals surface area contributed by atoms with Crippen LogP contribution in [-0.2, 0) is 18.7 Å². The van der Waals surface area contributed by atoms with Gasteiger partial charge in [0.2, 0.25) is 0 Å². The van der Waals surface area contributed by atoms with Gasteiger partial charge in [-0.1, -0.05) is 93.3 Å². The van der Waals surface area contributed by atoms with Crippen molar-refractivity contribution in [3.05, 3.63) is 60.7 Å². The highest BCUT2D eigenvalue weighted by atomic mass is 32.2. The predicted molar refractivity (Wildman–Crippen MR) is 112 cm³/mol. The Morgan fingerprint density at radius 2 is 1.30 bits per heavy atom. The maximum Gasteiger partial charge on any atom is 0.265 e. The Morgan fingerprint density at radius 1 is 0.852 bits per heavy atom. The molecule has 2 aromatic rings. The molecule has 0 N–H and O–H groups in total. The van der Waals surface area contributed by atoms with Crippen molar-refractivity contribution >= 4 is 28.8 Å². The summed E-state index contributed by atoms with van der Waals surface area (Å²) in [4.78, 5) is 0. The van der Waals surface area contributed by atoms with E-state index in [1.54, 1.807) is 0 Å². The number of benzene rings is 2. The van der Waals surface area contributed by atoms with Crippen molar-refractivity contribution in [1.82, 2.24) is 0 Å². The van der Waals surface area contributed by atoms with E-state index >= 15 is 0 Å². The van der Waals surface area contributed by atoms with Gasteiger partial charge in [-0.15, -0.1) is 0 Å². The van der Waals surface area contributed by atoms with E-state index in [9.17, 15) is 8.42 Å². The summed E-state index contributed by atoms with van der Waals surface area (Å²) in [6.45, 7) is 6.63. The minimum atomic E-state index is -3.48. The topological polar surface area (TPSA) is 52.6 Å². The molecular weight excluding hydrogens is 376 g/mol. The molecule has 6 heteroatoms. The molecule has 0 unspecified atom stereocenters. The van der Waals surface area contributed by atoms with Gasteiger partial charge in [-0.2, -0.15) is 8.42 Å². The quantitative estimate of drug-likeness (QED) is 0.423. The Kier molecular flexibility index (Phi) is 7.01. The molecule has 0 heterocycles. The Morgan fingerprint density at radius 3 is 1.70 bits per heavy atom. The van der Waals surface area contributed by atoms with Gasteiger partial charge in [0.05, 0.1) is 12.9 Å². The first kappa shape index (κ1) is 21.4. The zero-order chi connectivity index (χ0) is 20.0. The molecule has 0 amide bonds. The van der Waals surface area contributed by atoms with Gasteiger partial charge in [-0.3, -0.25) is 4.18 Å². The lowest BCUT2D eigenvalue weighted by Crippen LogP contribution is -2.66. The van der Waals surface area contributed by atoms with Crippen LogP contribution in [0.15, 0.2) is 60.7 Å². The van der Waals surface area contributed by atoms with Crippen LogP contribution in [-0.4, -0.2) is 36.2 Å². The molecule has 27 heavy (non-hydrogen) atoms. The molecule has 0 radical (unpaired) electrons. The van der Waals surface area contributed by atoms with Crippen LogP contribution in [0.2, 0.25) is 5.04 Å². The van der Waals surface area contributed by atoms with Gasteiger partial charge in [0.1, 0.15) is 6.61 Å². The molecule has 144 valence electrons. The lowest BCUT2D eigenvalue weighted by Gasteiger charge is -2.42. The van der Waals surface area contributed by atoms with E-state index in [0.29, 0.717) is 0 Å². The first-order valence-electron chi connectivity index (χ1n) is 8.72. The van der Waals surface area contributed by atoms with Crippen molar-refractivity contribution in [1.29, 1.82) is 0 Å². The van der Waals surface area contributed by atoms with Crippen LogP contribution in [0.1, 0.15) is 20.8 Å². The zero-order valence-corrected chi connectivity index (χ0v) is 18.0. The average molecular weight is 403 g/mol. The van der Waals surface area contributed by atoms with E-state index in [0.717, 1.165) is 6.26 Å². The second-order valence-electron chi connectivity index (χ2n) is 7.27. The van der Waals surface area contributed by atoms with Crippen LogP contribution in [0.4, 0.5) is 0 Å². The molecule has 0 saturated heterocycles. The summed E-state index contributed by atoms with van der Waals surface area (Å²) in [6, 6.07) is 20.6. The summed E-state index contributed by atoms with van der Waals surface area (Å²) in [7, 11) is -6.09. The lowest BCUT2D eigenvalue weighted by molar-refractivity contribution is 0.344. The van der Waals surface area contributed by atoms with Crippen molar-refractivity contribution in [2.24, 2.45) is 0 Å². The molecule has 0 spiro atoms. The zero-order valence-electron chi connectivity index (χ0n) is 16.2. The highest BCUT2D eigenvalue weighted by Crippen LogP contribution is 2.36. The predicted octanol–water partition coefficient (Wildman–Crippen LogP) is 2.54. The summed E-state index contributed by atoms with van der Waals surface area (Å²) >= 11 is 0. The fraction of sp³-hybridized carbons (Fsp3) is 0.333. The largest absolute Gasteiger partial charge is 0.396 e. The Bertz CT molecular complexity index is 852. The number of hydrogen-bond acceptors (Lipinski definition) is 4. The first-order chi connectivity index (χ1) is 12.7. The highest BCUT2D eigenvalue weighted by Gasteiger charge is 2.49. The van der Waals surface area contributed by atoms with Gasteiger partial charge >= 0.3 is 0 Å². The van der Waals surface area contributed by atoms with E-state index in [4.69, 9.17) is 4.43 Å². The molecule has 0 aliphatic rings. The van der Waals surface area contributed by atoms with Crippen LogP contribution in [0.25, 0.3) is 0 Å². The average Bonchev–Trinajstić information content (AvgIpc) is 2.61. The summed E-state index contributed by atoms with van der Waals surface area (Å²) in [5.74, 6) is 5.61. The van der Waals surface area contributed by atoms with Crippen LogP contribution in [0.5, 0.6) is 0 Å². The Balaban J connectivity index is 2.37. The fourth-order valence-electron chi connectivity index (χ4n) is 3.14. The molecule has 0 saturated carbocycles. The van der Waals surface area contributed by atoms with Gasteiger partial charge < -0.3 is 4.43 Å². The lowest BCUT2D eigenvalue weighted by atomic mass is 10.2. The molecule has 4 nitrogen and oxygen atoms in total. The summed E-state index contributed by atoms with van der Waals surface area (Å²) in [5, 5.41) is 2.23. The van der Waals surface area contributed by atoms with Crippen LogP contribution >= 0.6 is 0 Å². The smallest absolute Gasteiger partial charge is 0.265 e. The van der Waals surface area contributed by atoms with Crippen molar-refractivity contribution < 1.29 is 17.0 Å². The molecule has 0 bridgehead atoms. The van der Waals surface area contributed by atoms with E-state index in [2.05, 4.69) is 61.1 Å². The van der Waals surface area contributed by atoms with Gasteiger partial charge in [-0.05, 0) is 15.4 Å². The third-order valence-corrected chi connectivity index (χ3v) is 9.78. The number of rotatable bonds is 6.